The van der Waals surface area contributed by atoms with Crippen molar-refractivity contribution in [2.45, 2.75) is 6.92 Å². The van der Waals surface area contributed by atoms with Gasteiger partial charge in [-0.3, -0.25) is 19.8 Å². The Morgan fingerprint density at radius 1 is 1.15 bits per heavy atom. The number of anilines is 1. The van der Waals surface area contributed by atoms with Crippen LogP contribution in [0.25, 0.3) is 6.08 Å². The second-order valence-corrected chi connectivity index (χ2v) is 8.60. The predicted molar refractivity (Wildman–Crippen MR) is 131 cm³/mol. The van der Waals surface area contributed by atoms with Gasteiger partial charge in [0.2, 0.25) is 5.88 Å². The zero-order valence-corrected chi connectivity index (χ0v) is 19.2. The van der Waals surface area contributed by atoms with E-state index in [1.807, 2.05) is 31.2 Å². The number of thiocarbonyl (C=S) groups is 1. The van der Waals surface area contributed by atoms with Crippen LogP contribution in [0.2, 0.25) is 0 Å². The Balaban J connectivity index is 1.57. The van der Waals surface area contributed by atoms with Crippen LogP contribution in [0.5, 0.6) is 17.4 Å². The summed E-state index contributed by atoms with van der Waals surface area (Å²) in [5.41, 5.74) is 2.31. The molecule has 33 heavy (non-hydrogen) atoms. The summed E-state index contributed by atoms with van der Waals surface area (Å²) in [5, 5.41) is 10.8. The molecule has 0 unspecified atom stereocenters. The lowest BCUT2D eigenvalue weighted by Gasteiger charge is -2.16. The monoisotopic (exact) mass is 479 g/mol. The Bertz CT molecular complexity index is 1290. The average Bonchev–Trinajstić information content (AvgIpc) is 3.08. The molecule has 2 aromatic carbocycles. The number of rotatable bonds is 6. The highest BCUT2D eigenvalue weighted by molar-refractivity contribution is 8.27. The van der Waals surface area contributed by atoms with Crippen LogP contribution in [0.1, 0.15) is 11.1 Å². The van der Waals surface area contributed by atoms with Gasteiger partial charge in [0.1, 0.15) is 6.20 Å². The van der Waals surface area contributed by atoms with Crippen molar-refractivity contribution in [3.63, 3.8) is 0 Å². The van der Waals surface area contributed by atoms with E-state index in [1.165, 1.54) is 35.9 Å². The zero-order chi connectivity index (χ0) is 23.5. The lowest BCUT2D eigenvalue weighted by molar-refractivity contribution is -0.385. The molecule has 8 nitrogen and oxygen atoms in total. The third-order valence-electron chi connectivity index (χ3n) is 4.78. The number of nitro groups is 1. The molecule has 1 aliphatic heterocycles. The highest BCUT2D eigenvalue weighted by atomic mass is 32.2. The van der Waals surface area contributed by atoms with Crippen molar-refractivity contribution < 1.29 is 19.2 Å². The maximum absolute atomic E-state index is 13.0. The van der Waals surface area contributed by atoms with Gasteiger partial charge in [-0.1, -0.05) is 48.2 Å². The normalized spacial score (nSPS) is 14.6. The first-order valence-electron chi connectivity index (χ1n) is 9.67. The molecule has 3 aromatic rings. The van der Waals surface area contributed by atoms with Crippen LogP contribution in [-0.4, -0.2) is 27.2 Å². The summed E-state index contributed by atoms with van der Waals surface area (Å²) in [4.78, 5) is 29.3. The minimum atomic E-state index is -0.534. The van der Waals surface area contributed by atoms with Gasteiger partial charge in [0.05, 0.1) is 22.6 Å². The average molecular weight is 480 g/mol. The van der Waals surface area contributed by atoms with Crippen molar-refractivity contribution in [1.29, 1.82) is 0 Å². The predicted octanol–water partition coefficient (Wildman–Crippen LogP) is 5.50. The highest BCUT2D eigenvalue weighted by Crippen LogP contribution is 2.38. The molecule has 10 heteroatoms. The molecule has 4 rings (SSSR count). The first-order chi connectivity index (χ1) is 15.9. The van der Waals surface area contributed by atoms with Gasteiger partial charge in [-0.2, -0.15) is 0 Å². The molecule has 0 saturated carbocycles. The summed E-state index contributed by atoms with van der Waals surface area (Å²) >= 11 is 6.69. The maximum Gasteiger partial charge on any atom is 0.287 e. The van der Waals surface area contributed by atoms with Crippen LogP contribution in [0.3, 0.4) is 0 Å². The minimum absolute atomic E-state index is 0.132. The standard InChI is InChI=1S/C23H17N3O5S2/c1-14-5-3-4-6-17(14)25-22(27)20(33-23(25)32)12-15-7-9-18(19(11-15)30-2)31-21-10-8-16(13-24-21)26(28)29/h3-13H,1-2H3/b20-12+. The smallest absolute Gasteiger partial charge is 0.287 e. The Labute approximate surface area is 199 Å². The van der Waals surface area contributed by atoms with E-state index in [9.17, 15) is 14.9 Å². The van der Waals surface area contributed by atoms with Gasteiger partial charge < -0.3 is 9.47 Å². The van der Waals surface area contributed by atoms with E-state index in [0.717, 1.165) is 23.0 Å². The number of amides is 1. The number of carbonyl (C=O) groups is 1. The van der Waals surface area contributed by atoms with E-state index in [4.69, 9.17) is 21.7 Å². The summed E-state index contributed by atoms with van der Waals surface area (Å²) in [5.74, 6) is 0.793. The largest absolute Gasteiger partial charge is 0.493 e. The molecule has 0 aliphatic carbocycles. The summed E-state index contributed by atoms with van der Waals surface area (Å²) in [6.07, 6.45) is 2.86. The molecule has 2 heterocycles. The zero-order valence-electron chi connectivity index (χ0n) is 17.6. The molecule has 1 amide bonds. The number of hydrogen-bond acceptors (Lipinski definition) is 8. The van der Waals surface area contributed by atoms with Gasteiger partial charge in [0.15, 0.2) is 15.8 Å². The quantitative estimate of drug-likeness (QED) is 0.198. The third kappa shape index (κ3) is 4.71. The number of hydrogen-bond donors (Lipinski definition) is 0. The fourth-order valence-corrected chi connectivity index (χ4v) is 4.44. The SMILES string of the molecule is COc1cc(/C=C2/SC(=S)N(c3ccccc3C)C2=O)ccc1Oc1ccc([N+](=O)[O-])cn1. The van der Waals surface area contributed by atoms with E-state index in [-0.39, 0.29) is 17.5 Å². The number of aromatic nitrogens is 1. The molecular formula is C23H17N3O5S2. The van der Waals surface area contributed by atoms with Gasteiger partial charge in [0.25, 0.3) is 11.6 Å². The molecule has 1 aromatic heterocycles. The maximum atomic E-state index is 13.0. The number of benzene rings is 2. The Morgan fingerprint density at radius 3 is 2.61 bits per heavy atom. The van der Waals surface area contributed by atoms with Crippen LogP contribution >= 0.6 is 24.0 Å². The number of para-hydroxylation sites is 1. The van der Waals surface area contributed by atoms with Gasteiger partial charge in [-0.25, -0.2) is 4.98 Å². The van der Waals surface area contributed by atoms with E-state index in [2.05, 4.69) is 4.98 Å². The first-order valence-corrected chi connectivity index (χ1v) is 10.9. The van der Waals surface area contributed by atoms with Crippen molar-refractivity contribution >= 4 is 51.7 Å². The second kappa shape index (κ2) is 9.39. The van der Waals surface area contributed by atoms with Crippen LogP contribution in [0.15, 0.2) is 65.7 Å². The fourth-order valence-electron chi connectivity index (χ4n) is 3.15. The van der Waals surface area contributed by atoms with Crippen LogP contribution in [0.4, 0.5) is 11.4 Å². The van der Waals surface area contributed by atoms with Crippen LogP contribution < -0.4 is 14.4 Å². The molecule has 0 spiro atoms. The Morgan fingerprint density at radius 2 is 1.94 bits per heavy atom. The fraction of sp³-hybridized carbons (Fsp3) is 0.0870. The molecular weight excluding hydrogens is 462 g/mol. The van der Waals surface area contributed by atoms with E-state index in [0.29, 0.717) is 20.7 Å². The minimum Gasteiger partial charge on any atom is -0.493 e. The van der Waals surface area contributed by atoms with Gasteiger partial charge >= 0.3 is 0 Å². The molecule has 0 radical (unpaired) electrons. The van der Waals surface area contributed by atoms with Crippen LogP contribution in [-0.2, 0) is 4.79 Å². The third-order valence-corrected chi connectivity index (χ3v) is 6.08. The Hall–Kier alpha value is -3.76. The van der Waals surface area contributed by atoms with Crippen molar-refractivity contribution in [2.24, 2.45) is 0 Å². The van der Waals surface area contributed by atoms with Crippen molar-refractivity contribution in [3.05, 3.63) is 86.9 Å². The molecule has 0 atom stereocenters. The molecule has 1 saturated heterocycles. The van der Waals surface area contributed by atoms with E-state index in [1.54, 1.807) is 24.3 Å². The van der Waals surface area contributed by atoms with Gasteiger partial charge in [0, 0.05) is 12.1 Å². The lowest BCUT2D eigenvalue weighted by Crippen LogP contribution is -2.28. The Kier molecular flexibility index (Phi) is 6.38. The number of thioether (sulfide) groups is 1. The number of aryl methyl sites for hydroxylation is 1. The summed E-state index contributed by atoms with van der Waals surface area (Å²) in [6, 6.07) is 15.5. The topological polar surface area (TPSA) is 94.8 Å². The number of pyridine rings is 1. The summed E-state index contributed by atoms with van der Waals surface area (Å²) < 4.78 is 11.6. The molecule has 1 fully saturated rings. The first kappa shape index (κ1) is 22.4. The van der Waals surface area contributed by atoms with Gasteiger partial charge in [-0.05, 0) is 42.3 Å². The molecule has 0 bridgehead atoms. The number of nitrogens with zero attached hydrogens (tertiary/aromatic N) is 3. The molecule has 0 N–H and O–H groups in total. The summed E-state index contributed by atoms with van der Waals surface area (Å²) in [6.45, 7) is 1.93. The van der Waals surface area contributed by atoms with E-state index >= 15 is 0 Å². The highest BCUT2D eigenvalue weighted by Gasteiger charge is 2.34. The lowest BCUT2D eigenvalue weighted by atomic mass is 10.1. The van der Waals surface area contributed by atoms with Crippen molar-refractivity contribution in [3.8, 4) is 17.4 Å². The molecule has 166 valence electrons. The summed E-state index contributed by atoms with van der Waals surface area (Å²) in [7, 11) is 1.49. The van der Waals surface area contributed by atoms with Crippen molar-refractivity contribution in [1.82, 2.24) is 4.98 Å². The second-order valence-electron chi connectivity index (χ2n) is 6.93. The van der Waals surface area contributed by atoms with Gasteiger partial charge in [-0.15, -0.1) is 0 Å². The van der Waals surface area contributed by atoms with E-state index < -0.39 is 4.92 Å². The number of ether oxygens (including phenoxy) is 2. The molecule has 1 aliphatic rings. The number of carbonyl (C=O) groups excluding carboxylic acids is 1. The van der Waals surface area contributed by atoms with Crippen LogP contribution in [0, 0.1) is 17.0 Å². The number of methoxy groups -OCH3 is 1. The van der Waals surface area contributed by atoms with Crippen molar-refractivity contribution in [2.75, 3.05) is 12.0 Å².